The molecular formula is C46H30N4O. The Hall–Kier alpha value is -6.98. The van der Waals surface area contributed by atoms with E-state index in [1.165, 1.54) is 0 Å². The summed E-state index contributed by atoms with van der Waals surface area (Å²) in [5.41, 5.74) is 8.73. The molecule has 2 heterocycles. The van der Waals surface area contributed by atoms with Crippen LogP contribution in [0.3, 0.4) is 0 Å². The zero-order chi connectivity index (χ0) is 34.1. The second-order valence-electron chi connectivity index (χ2n) is 12.4. The molecule has 0 radical (unpaired) electrons. The molecule has 5 nitrogen and oxygen atoms in total. The molecular weight excluding hydrogens is 625 g/mol. The maximum absolute atomic E-state index is 14.6. The lowest BCUT2D eigenvalue weighted by molar-refractivity contribution is 0.103. The molecule has 0 atom stereocenters. The van der Waals surface area contributed by atoms with Crippen LogP contribution in [0.5, 0.6) is 0 Å². The van der Waals surface area contributed by atoms with Gasteiger partial charge in [0, 0.05) is 38.6 Å². The monoisotopic (exact) mass is 654 g/mol. The molecule has 5 heteroatoms. The maximum atomic E-state index is 14.6. The van der Waals surface area contributed by atoms with Gasteiger partial charge < -0.3 is 4.57 Å². The van der Waals surface area contributed by atoms with E-state index >= 15 is 0 Å². The number of nitrogens with zero attached hydrogens (tertiary/aromatic N) is 4. The molecule has 0 aliphatic rings. The summed E-state index contributed by atoms with van der Waals surface area (Å²) < 4.78 is 2.21. The summed E-state index contributed by atoms with van der Waals surface area (Å²) in [5.74, 6) is 1.77. The Bertz CT molecular complexity index is 2590. The summed E-state index contributed by atoms with van der Waals surface area (Å²) in [5, 5.41) is 2.31. The molecule has 0 fully saturated rings. The zero-order valence-electron chi connectivity index (χ0n) is 27.5. The first-order chi connectivity index (χ1) is 25.2. The molecule has 2 aromatic heterocycles. The number of ketones is 1. The van der Waals surface area contributed by atoms with Gasteiger partial charge in [-0.15, -0.1) is 0 Å². The molecule has 0 N–H and O–H groups in total. The highest BCUT2D eigenvalue weighted by Gasteiger charge is 2.21. The van der Waals surface area contributed by atoms with E-state index in [4.69, 9.17) is 15.0 Å². The molecule has 0 aliphatic carbocycles. The third kappa shape index (κ3) is 5.47. The highest BCUT2D eigenvalue weighted by Crippen LogP contribution is 2.35. The van der Waals surface area contributed by atoms with Crippen molar-refractivity contribution in [2.75, 3.05) is 0 Å². The van der Waals surface area contributed by atoms with Crippen LogP contribution < -0.4 is 0 Å². The largest absolute Gasteiger partial charge is 0.308 e. The Labute approximate surface area is 295 Å². The van der Waals surface area contributed by atoms with Crippen LogP contribution in [0.4, 0.5) is 0 Å². The fourth-order valence-electron chi connectivity index (χ4n) is 6.86. The van der Waals surface area contributed by atoms with Gasteiger partial charge in [-0.3, -0.25) is 4.79 Å². The van der Waals surface area contributed by atoms with Crippen molar-refractivity contribution in [3.8, 4) is 51.0 Å². The second-order valence-corrected chi connectivity index (χ2v) is 12.4. The number of para-hydroxylation sites is 3. The summed E-state index contributed by atoms with van der Waals surface area (Å²) in [6, 6.07) is 60.4. The van der Waals surface area contributed by atoms with Gasteiger partial charge in [0.1, 0.15) is 0 Å². The minimum absolute atomic E-state index is 0.0374. The van der Waals surface area contributed by atoms with Crippen molar-refractivity contribution >= 4 is 27.6 Å². The van der Waals surface area contributed by atoms with Gasteiger partial charge in [0.15, 0.2) is 23.3 Å². The van der Waals surface area contributed by atoms with Gasteiger partial charge >= 0.3 is 0 Å². The van der Waals surface area contributed by atoms with Crippen molar-refractivity contribution in [2.45, 2.75) is 0 Å². The van der Waals surface area contributed by atoms with Crippen LogP contribution in [0, 0.1) is 0 Å². The van der Waals surface area contributed by atoms with Crippen LogP contribution >= 0.6 is 0 Å². The minimum Gasteiger partial charge on any atom is -0.308 e. The third-order valence-corrected chi connectivity index (χ3v) is 9.29. The normalized spacial score (nSPS) is 11.2. The van der Waals surface area contributed by atoms with Crippen molar-refractivity contribution in [3.63, 3.8) is 0 Å². The van der Waals surface area contributed by atoms with Gasteiger partial charge in [-0.1, -0.05) is 158 Å². The summed E-state index contributed by atoms with van der Waals surface area (Å²) in [4.78, 5) is 29.2. The van der Waals surface area contributed by atoms with E-state index in [-0.39, 0.29) is 5.78 Å². The highest BCUT2D eigenvalue weighted by atomic mass is 16.1. The van der Waals surface area contributed by atoms with Crippen molar-refractivity contribution < 1.29 is 4.79 Å². The predicted molar refractivity (Wildman–Crippen MR) is 206 cm³/mol. The summed E-state index contributed by atoms with van der Waals surface area (Å²) in [6.45, 7) is 0. The molecule has 9 aromatic rings. The van der Waals surface area contributed by atoms with E-state index in [1.54, 1.807) is 0 Å². The first kappa shape index (κ1) is 30.1. The van der Waals surface area contributed by atoms with Crippen LogP contribution in [-0.2, 0) is 0 Å². The van der Waals surface area contributed by atoms with E-state index in [0.717, 1.165) is 55.3 Å². The minimum atomic E-state index is -0.0374. The van der Waals surface area contributed by atoms with Crippen LogP contribution in [0.15, 0.2) is 182 Å². The van der Waals surface area contributed by atoms with Gasteiger partial charge in [0.05, 0.1) is 16.7 Å². The third-order valence-electron chi connectivity index (χ3n) is 9.29. The molecule has 7 aromatic carbocycles. The van der Waals surface area contributed by atoms with Gasteiger partial charge in [-0.25, -0.2) is 15.0 Å². The number of fused-ring (bicyclic) bond motifs is 3. The number of hydrogen-bond donors (Lipinski definition) is 0. The number of carbonyl (C=O) groups is 1. The van der Waals surface area contributed by atoms with E-state index in [2.05, 4.69) is 41.0 Å². The van der Waals surface area contributed by atoms with Crippen molar-refractivity contribution in [3.05, 3.63) is 193 Å². The Morgan fingerprint density at radius 1 is 0.373 bits per heavy atom. The Morgan fingerprint density at radius 3 is 1.35 bits per heavy atom. The van der Waals surface area contributed by atoms with E-state index < -0.39 is 0 Å². The van der Waals surface area contributed by atoms with Crippen LogP contribution in [0.1, 0.15) is 15.9 Å². The van der Waals surface area contributed by atoms with Gasteiger partial charge in [0.25, 0.3) is 0 Å². The van der Waals surface area contributed by atoms with Gasteiger partial charge in [0.2, 0.25) is 0 Å². The van der Waals surface area contributed by atoms with Crippen LogP contribution in [0.2, 0.25) is 0 Å². The van der Waals surface area contributed by atoms with E-state index in [9.17, 15) is 4.79 Å². The van der Waals surface area contributed by atoms with Crippen LogP contribution in [-0.4, -0.2) is 25.3 Å². The molecule has 0 amide bonds. The lowest BCUT2D eigenvalue weighted by atomic mass is 9.92. The maximum Gasteiger partial charge on any atom is 0.195 e. The standard InChI is InChI=1S/C46H30N4O/c51-43(39-23-11-14-26-42(39)50-40-24-12-9-20-36(40)37-21-10-13-25-41(37)50)38-22-8-7-19-35(38)31-27-29-34(30-28-31)46-48-44(32-15-3-1-4-16-32)47-45(49-46)33-17-5-2-6-18-33/h1-30H. The number of hydrogen-bond acceptors (Lipinski definition) is 4. The number of carbonyl (C=O) groups excluding carboxylic acids is 1. The second kappa shape index (κ2) is 12.8. The average Bonchev–Trinajstić information content (AvgIpc) is 3.55. The van der Waals surface area contributed by atoms with Gasteiger partial charge in [-0.2, -0.15) is 0 Å². The fraction of sp³-hybridized carbons (Fsp3) is 0. The molecule has 0 spiro atoms. The quantitative estimate of drug-likeness (QED) is 0.160. The molecule has 0 unspecified atom stereocenters. The van der Waals surface area contributed by atoms with Crippen molar-refractivity contribution in [1.29, 1.82) is 0 Å². The predicted octanol–water partition coefficient (Wildman–Crippen LogP) is 10.9. The molecule has 0 bridgehead atoms. The molecule has 0 aliphatic heterocycles. The Balaban J connectivity index is 1.11. The molecule has 51 heavy (non-hydrogen) atoms. The molecule has 9 rings (SSSR count). The van der Waals surface area contributed by atoms with E-state index in [0.29, 0.717) is 28.6 Å². The fourth-order valence-corrected chi connectivity index (χ4v) is 6.86. The first-order valence-electron chi connectivity index (χ1n) is 16.9. The topological polar surface area (TPSA) is 60.7 Å². The summed E-state index contributed by atoms with van der Waals surface area (Å²) >= 11 is 0. The number of aromatic nitrogens is 4. The molecule has 0 saturated carbocycles. The van der Waals surface area contributed by atoms with Crippen molar-refractivity contribution in [1.82, 2.24) is 19.5 Å². The Kier molecular flexibility index (Phi) is 7.56. The lowest BCUT2D eigenvalue weighted by Gasteiger charge is -2.15. The Morgan fingerprint density at radius 2 is 0.784 bits per heavy atom. The van der Waals surface area contributed by atoms with Crippen molar-refractivity contribution in [2.24, 2.45) is 0 Å². The number of benzene rings is 7. The molecule has 240 valence electrons. The smallest absolute Gasteiger partial charge is 0.195 e. The van der Waals surface area contributed by atoms with Crippen LogP contribution in [0.25, 0.3) is 72.8 Å². The van der Waals surface area contributed by atoms with E-state index in [1.807, 2.05) is 146 Å². The zero-order valence-corrected chi connectivity index (χ0v) is 27.5. The SMILES string of the molecule is O=C(c1ccccc1-c1ccc(-c2nc(-c3ccccc3)nc(-c3ccccc3)n2)cc1)c1ccccc1-n1c2ccccc2c2ccccc21. The first-order valence-corrected chi connectivity index (χ1v) is 16.9. The average molecular weight is 655 g/mol. The molecule has 0 saturated heterocycles. The summed E-state index contributed by atoms with van der Waals surface area (Å²) in [6.07, 6.45) is 0. The number of rotatable bonds is 7. The summed E-state index contributed by atoms with van der Waals surface area (Å²) in [7, 11) is 0. The highest BCUT2D eigenvalue weighted by molar-refractivity contribution is 6.16. The lowest BCUT2D eigenvalue weighted by Crippen LogP contribution is -2.09. The van der Waals surface area contributed by atoms with Gasteiger partial charge in [-0.05, 0) is 35.4 Å².